The average Bonchev–Trinajstić information content (AvgIpc) is 3.52. The van der Waals surface area contributed by atoms with Crippen LogP contribution < -0.4 is 0 Å². The van der Waals surface area contributed by atoms with E-state index >= 15 is 0 Å². The maximum atomic E-state index is 13.4. The molecule has 1 aromatic heterocycles. The summed E-state index contributed by atoms with van der Waals surface area (Å²) >= 11 is 3.30. The highest BCUT2D eigenvalue weighted by Crippen LogP contribution is 2.26. The fourth-order valence-corrected chi connectivity index (χ4v) is 5.38. The highest BCUT2D eigenvalue weighted by atomic mass is 79.9. The first-order valence-corrected chi connectivity index (χ1v) is 13.6. The summed E-state index contributed by atoms with van der Waals surface area (Å²) in [4.78, 5) is 15.2. The molecule has 2 aromatic carbocycles. The van der Waals surface area contributed by atoms with Crippen LogP contribution >= 0.6 is 15.9 Å². The van der Waals surface area contributed by atoms with Crippen molar-refractivity contribution in [2.75, 3.05) is 13.2 Å². The zero-order valence-corrected chi connectivity index (χ0v) is 21.6. The zero-order chi connectivity index (χ0) is 24.3. The Balaban J connectivity index is 1.57. The average molecular weight is 546 g/mol. The van der Waals surface area contributed by atoms with E-state index in [0.29, 0.717) is 25.6 Å². The number of hydrogen-bond donors (Lipinski definition) is 0. The summed E-state index contributed by atoms with van der Waals surface area (Å²) in [5.74, 6) is 0.0565. The van der Waals surface area contributed by atoms with Crippen LogP contribution in [0.25, 0.3) is 0 Å². The van der Waals surface area contributed by atoms with Gasteiger partial charge in [-0.3, -0.25) is 4.79 Å². The second kappa shape index (κ2) is 10.5. The van der Waals surface area contributed by atoms with Crippen molar-refractivity contribution < 1.29 is 22.4 Å². The molecule has 2 heterocycles. The molecule has 1 atom stereocenters. The number of carbonyl (C=O) groups is 1. The Kier molecular flexibility index (Phi) is 7.60. The molecule has 180 valence electrons. The number of hydrogen-bond acceptors (Lipinski definition) is 5. The molecule has 6 nitrogen and oxygen atoms in total. The van der Waals surface area contributed by atoms with Crippen LogP contribution in [-0.2, 0) is 21.1 Å². The Morgan fingerprint density at radius 1 is 1.06 bits per heavy atom. The fourth-order valence-electron chi connectivity index (χ4n) is 3.95. The van der Waals surface area contributed by atoms with Crippen molar-refractivity contribution in [1.29, 1.82) is 0 Å². The van der Waals surface area contributed by atoms with Crippen molar-refractivity contribution >= 4 is 31.7 Å². The van der Waals surface area contributed by atoms with Gasteiger partial charge in [-0.2, -0.15) is 0 Å². The summed E-state index contributed by atoms with van der Waals surface area (Å²) in [6, 6.07) is 17.3. The van der Waals surface area contributed by atoms with E-state index < -0.39 is 9.84 Å². The first kappa shape index (κ1) is 24.7. The fraction of sp³-hybridized carbons (Fsp3) is 0.346. The predicted molar refractivity (Wildman–Crippen MR) is 133 cm³/mol. The minimum absolute atomic E-state index is 0.00696. The first-order chi connectivity index (χ1) is 16.2. The molecule has 1 amide bonds. The molecule has 1 unspecified atom stereocenters. The van der Waals surface area contributed by atoms with Gasteiger partial charge in [0, 0.05) is 24.2 Å². The highest BCUT2D eigenvalue weighted by Gasteiger charge is 2.28. The predicted octanol–water partition coefficient (Wildman–Crippen LogP) is 5.82. The number of sulfone groups is 1. The summed E-state index contributed by atoms with van der Waals surface area (Å²) in [6.45, 7) is 5.76. The van der Waals surface area contributed by atoms with Crippen LogP contribution in [0.15, 0.2) is 79.5 Å². The maximum absolute atomic E-state index is 13.4. The van der Waals surface area contributed by atoms with E-state index in [2.05, 4.69) is 41.9 Å². The van der Waals surface area contributed by atoms with Gasteiger partial charge in [0.05, 0.1) is 11.0 Å². The molecule has 1 aliphatic rings. The largest absolute Gasteiger partial charge is 0.439 e. The lowest BCUT2D eigenvalue weighted by molar-refractivity contribution is 0.0480. The Labute approximate surface area is 209 Å². The van der Waals surface area contributed by atoms with Crippen molar-refractivity contribution in [2.24, 2.45) is 0 Å². The van der Waals surface area contributed by atoms with Gasteiger partial charge in [0.25, 0.3) is 5.91 Å². The molecule has 0 bridgehead atoms. The van der Waals surface area contributed by atoms with Crippen LogP contribution in [0, 0.1) is 0 Å². The number of halogens is 1. The van der Waals surface area contributed by atoms with Crippen molar-refractivity contribution in [3.8, 4) is 0 Å². The van der Waals surface area contributed by atoms with Gasteiger partial charge in [-0.05, 0) is 66.3 Å². The van der Waals surface area contributed by atoms with E-state index in [-0.39, 0.29) is 27.8 Å². The van der Waals surface area contributed by atoms with Gasteiger partial charge in [-0.1, -0.05) is 54.0 Å². The standard InChI is InChI=1S/C26H28BrNO5S/c1-18(2)20-7-5-19(6-8-20)16-28(17-22-4-3-15-32-22)26(29)24-13-14-25(33-24)34(30,31)23-11-9-21(27)10-12-23/h5-14,18,22H,3-4,15-17H2,1-2H3. The summed E-state index contributed by atoms with van der Waals surface area (Å²) in [5.41, 5.74) is 2.22. The zero-order valence-electron chi connectivity index (χ0n) is 19.2. The third-order valence-electron chi connectivity index (χ3n) is 5.94. The molecule has 3 aromatic rings. The van der Waals surface area contributed by atoms with Crippen LogP contribution in [0.2, 0.25) is 0 Å². The SMILES string of the molecule is CC(C)c1ccc(CN(CC2CCCO2)C(=O)c2ccc(S(=O)(=O)c3ccc(Br)cc3)o2)cc1. The molecule has 0 saturated carbocycles. The van der Waals surface area contributed by atoms with Crippen molar-refractivity contribution in [1.82, 2.24) is 4.90 Å². The van der Waals surface area contributed by atoms with Crippen molar-refractivity contribution in [3.05, 3.63) is 82.0 Å². The van der Waals surface area contributed by atoms with Gasteiger partial charge in [0.1, 0.15) is 0 Å². The molecular formula is C26H28BrNO5S. The van der Waals surface area contributed by atoms with Gasteiger partial charge in [0.15, 0.2) is 5.76 Å². The van der Waals surface area contributed by atoms with E-state index in [4.69, 9.17) is 9.15 Å². The number of furan rings is 1. The molecule has 8 heteroatoms. The van der Waals surface area contributed by atoms with Gasteiger partial charge in [-0.15, -0.1) is 0 Å². The summed E-state index contributed by atoms with van der Waals surface area (Å²) < 4.78 is 38.0. The lowest BCUT2D eigenvalue weighted by Gasteiger charge is -2.25. The normalized spacial score (nSPS) is 16.2. The molecule has 1 fully saturated rings. The van der Waals surface area contributed by atoms with E-state index in [9.17, 15) is 13.2 Å². The van der Waals surface area contributed by atoms with Gasteiger partial charge in [-0.25, -0.2) is 8.42 Å². The van der Waals surface area contributed by atoms with Crippen molar-refractivity contribution in [2.45, 2.75) is 55.2 Å². The summed E-state index contributed by atoms with van der Waals surface area (Å²) in [5, 5.41) is -0.253. The Morgan fingerprint density at radius 2 is 1.76 bits per heavy atom. The first-order valence-electron chi connectivity index (χ1n) is 11.3. The lowest BCUT2D eigenvalue weighted by atomic mass is 10.0. The topological polar surface area (TPSA) is 76.8 Å². The molecule has 0 radical (unpaired) electrons. The summed E-state index contributed by atoms with van der Waals surface area (Å²) in [7, 11) is -3.87. The minimum Gasteiger partial charge on any atom is -0.439 e. The quantitative estimate of drug-likeness (QED) is 0.356. The number of nitrogens with zero attached hydrogens (tertiary/aromatic N) is 1. The molecule has 34 heavy (non-hydrogen) atoms. The van der Waals surface area contributed by atoms with Crippen LogP contribution in [-0.4, -0.2) is 38.5 Å². The lowest BCUT2D eigenvalue weighted by Crippen LogP contribution is -2.36. The Bertz CT molecular complexity index is 1230. The van der Waals surface area contributed by atoms with Gasteiger partial charge in [0.2, 0.25) is 14.9 Å². The molecule has 0 aliphatic carbocycles. The van der Waals surface area contributed by atoms with E-state index in [1.807, 2.05) is 12.1 Å². The van der Waals surface area contributed by atoms with Crippen LogP contribution in [0.3, 0.4) is 0 Å². The monoisotopic (exact) mass is 545 g/mol. The smallest absolute Gasteiger partial charge is 0.290 e. The number of amides is 1. The summed E-state index contributed by atoms with van der Waals surface area (Å²) in [6.07, 6.45) is 1.81. The van der Waals surface area contributed by atoms with E-state index in [1.54, 1.807) is 17.0 Å². The van der Waals surface area contributed by atoms with E-state index in [0.717, 1.165) is 22.9 Å². The van der Waals surface area contributed by atoms with Crippen LogP contribution in [0.1, 0.15) is 54.3 Å². The Morgan fingerprint density at radius 3 is 2.38 bits per heavy atom. The van der Waals surface area contributed by atoms with Crippen LogP contribution in [0.4, 0.5) is 0 Å². The molecule has 0 N–H and O–H groups in total. The second-order valence-corrected chi connectivity index (χ2v) is 11.6. The molecule has 1 saturated heterocycles. The van der Waals surface area contributed by atoms with E-state index in [1.165, 1.54) is 29.8 Å². The molecule has 4 rings (SSSR count). The van der Waals surface area contributed by atoms with Gasteiger partial charge >= 0.3 is 0 Å². The number of rotatable bonds is 8. The third kappa shape index (κ3) is 5.62. The minimum atomic E-state index is -3.87. The third-order valence-corrected chi connectivity index (χ3v) is 8.11. The number of carbonyl (C=O) groups excluding carboxylic acids is 1. The maximum Gasteiger partial charge on any atom is 0.290 e. The number of ether oxygens (including phenoxy) is 1. The van der Waals surface area contributed by atoms with Gasteiger partial charge < -0.3 is 14.1 Å². The second-order valence-electron chi connectivity index (χ2n) is 8.79. The van der Waals surface area contributed by atoms with Crippen molar-refractivity contribution in [3.63, 3.8) is 0 Å². The molecule has 1 aliphatic heterocycles. The Hall–Kier alpha value is -2.42. The highest BCUT2D eigenvalue weighted by molar-refractivity contribution is 9.10. The van der Waals surface area contributed by atoms with Crippen LogP contribution in [0.5, 0.6) is 0 Å². The number of benzene rings is 2. The molecular weight excluding hydrogens is 518 g/mol. The molecule has 0 spiro atoms.